The second kappa shape index (κ2) is 9.53. The van der Waals surface area contributed by atoms with E-state index in [-0.39, 0.29) is 16.5 Å². The Morgan fingerprint density at radius 3 is 2.61 bits per heavy atom. The third-order valence-corrected chi connectivity index (χ3v) is 5.85. The normalized spacial score (nSPS) is 10.9. The molecule has 2 aromatic heterocycles. The Bertz CT molecular complexity index is 1210. The number of nitro groups is 1. The maximum Gasteiger partial charge on any atom is 0.343 e. The summed E-state index contributed by atoms with van der Waals surface area (Å²) in [5.74, 6) is 0.164. The number of aromatic nitrogens is 3. The molecule has 2 aromatic carbocycles. The van der Waals surface area contributed by atoms with Crippen LogP contribution in [0.4, 0.5) is 17.2 Å². The lowest BCUT2D eigenvalue weighted by Gasteiger charge is -2.10. The number of nitrogens with zero attached hydrogens (tertiary/aromatic N) is 4. The van der Waals surface area contributed by atoms with E-state index in [1.807, 2.05) is 54.6 Å². The molecule has 31 heavy (non-hydrogen) atoms. The lowest BCUT2D eigenvalue weighted by atomic mass is 10.1. The molecule has 0 bridgehead atoms. The van der Waals surface area contributed by atoms with Crippen molar-refractivity contribution in [3.05, 3.63) is 82.8 Å². The van der Waals surface area contributed by atoms with Crippen LogP contribution in [-0.4, -0.2) is 19.9 Å². The van der Waals surface area contributed by atoms with Crippen molar-refractivity contribution in [2.24, 2.45) is 0 Å². The summed E-state index contributed by atoms with van der Waals surface area (Å²) in [5, 5.41) is 16.2. The monoisotopic (exact) mass is 431 g/mol. The molecule has 1 N–H and O–H groups in total. The van der Waals surface area contributed by atoms with Gasteiger partial charge in [0.1, 0.15) is 6.33 Å². The maximum atomic E-state index is 11.9. The van der Waals surface area contributed by atoms with Crippen molar-refractivity contribution < 1.29 is 4.92 Å². The van der Waals surface area contributed by atoms with Gasteiger partial charge < -0.3 is 5.32 Å². The highest BCUT2D eigenvalue weighted by atomic mass is 32.2. The Morgan fingerprint density at radius 2 is 1.84 bits per heavy atom. The standard InChI is InChI=1S/C23H21N5O2S/c1-2-3-6-16-10-12-18(13-11-16)27-22-21(28(29)30)23(26-15-25-22)31-19-9-4-7-17-8-5-14-24-20(17)19/h4-5,7-15H,2-3,6H2,1H3,(H,25,26,27). The van der Waals surface area contributed by atoms with Crippen LogP contribution in [0.1, 0.15) is 25.3 Å². The van der Waals surface area contributed by atoms with E-state index in [0.717, 1.165) is 40.7 Å². The molecule has 8 heteroatoms. The van der Waals surface area contributed by atoms with Gasteiger partial charge in [0.15, 0.2) is 5.03 Å². The third-order valence-electron chi connectivity index (χ3n) is 4.81. The summed E-state index contributed by atoms with van der Waals surface area (Å²) < 4.78 is 0. The fourth-order valence-corrected chi connectivity index (χ4v) is 4.22. The second-order valence-corrected chi connectivity index (χ2v) is 8.02. The number of benzene rings is 2. The SMILES string of the molecule is CCCCc1ccc(Nc2ncnc(Sc3cccc4cccnc34)c2[N+](=O)[O-])cc1. The molecule has 4 aromatic rings. The summed E-state index contributed by atoms with van der Waals surface area (Å²) in [5.41, 5.74) is 2.60. The molecule has 0 saturated carbocycles. The van der Waals surface area contributed by atoms with Crippen LogP contribution in [0.5, 0.6) is 0 Å². The third kappa shape index (κ3) is 4.80. The first-order valence-electron chi connectivity index (χ1n) is 10.0. The summed E-state index contributed by atoms with van der Waals surface area (Å²) in [7, 11) is 0. The molecule has 4 rings (SSSR count). The predicted molar refractivity (Wildman–Crippen MR) is 123 cm³/mol. The molecule has 7 nitrogen and oxygen atoms in total. The molecule has 2 heterocycles. The fraction of sp³-hybridized carbons (Fsp3) is 0.174. The van der Waals surface area contributed by atoms with Crippen LogP contribution in [0.25, 0.3) is 10.9 Å². The van der Waals surface area contributed by atoms with Crippen LogP contribution >= 0.6 is 11.8 Å². The van der Waals surface area contributed by atoms with Crippen LogP contribution in [0, 0.1) is 10.1 Å². The van der Waals surface area contributed by atoms with Crippen LogP contribution in [0.2, 0.25) is 0 Å². The zero-order valence-electron chi connectivity index (χ0n) is 17.0. The Morgan fingerprint density at radius 1 is 1.03 bits per heavy atom. The number of hydrogen-bond acceptors (Lipinski definition) is 7. The van der Waals surface area contributed by atoms with E-state index in [0.29, 0.717) is 0 Å². The van der Waals surface area contributed by atoms with E-state index in [4.69, 9.17) is 0 Å². The fourth-order valence-electron chi connectivity index (χ4n) is 3.23. The van der Waals surface area contributed by atoms with E-state index in [9.17, 15) is 10.1 Å². The first-order chi connectivity index (χ1) is 15.2. The summed E-state index contributed by atoms with van der Waals surface area (Å²) in [6.07, 6.45) is 6.33. The molecule has 0 saturated heterocycles. The van der Waals surface area contributed by atoms with Crippen molar-refractivity contribution in [2.45, 2.75) is 36.1 Å². The first kappa shape index (κ1) is 20.7. The summed E-state index contributed by atoms with van der Waals surface area (Å²) in [6.45, 7) is 2.16. The molecular weight excluding hydrogens is 410 g/mol. The van der Waals surface area contributed by atoms with Crippen molar-refractivity contribution >= 4 is 39.9 Å². The van der Waals surface area contributed by atoms with Crippen LogP contribution in [-0.2, 0) is 6.42 Å². The lowest BCUT2D eigenvalue weighted by molar-refractivity contribution is -0.387. The zero-order valence-corrected chi connectivity index (χ0v) is 17.8. The molecule has 0 radical (unpaired) electrons. The molecule has 0 atom stereocenters. The number of rotatable bonds is 8. The van der Waals surface area contributed by atoms with Gasteiger partial charge in [-0.3, -0.25) is 15.1 Å². The lowest BCUT2D eigenvalue weighted by Crippen LogP contribution is -2.03. The Kier molecular flexibility index (Phi) is 6.37. The van der Waals surface area contributed by atoms with Crippen LogP contribution in [0.15, 0.2) is 77.0 Å². The Balaban J connectivity index is 1.64. The number of fused-ring (bicyclic) bond motifs is 1. The summed E-state index contributed by atoms with van der Waals surface area (Å²) in [6, 6.07) is 17.4. The molecule has 156 valence electrons. The number of para-hydroxylation sites is 1. The van der Waals surface area contributed by atoms with Crippen molar-refractivity contribution in [3.63, 3.8) is 0 Å². The largest absolute Gasteiger partial charge is 0.343 e. The van der Waals surface area contributed by atoms with Gasteiger partial charge in [-0.05, 0) is 42.7 Å². The topological polar surface area (TPSA) is 93.8 Å². The Hall–Kier alpha value is -3.52. The van der Waals surface area contributed by atoms with Crippen molar-refractivity contribution in [3.8, 4) is 0 Å². The number of unbranched alkanes of at least 4 members (excludes halogenated alkanes) is 1. The number of nitrogens with one attached hydrogen (secondary N) is 1. The second-order valence-electron chi connectivity index (χ2n) is 6.99. The average Bonchev–Trinajstić information content (AvgIpc) is 2.79. The van der Waals surface area contributed by atoms with Gasteiger partial charge in [-0.1, -0.05) is 55.4 Å². The van der Waals surface area contributed by atoms with Gasteiger partial charge in [0.05, 0.1) is 10.4 Å². The number of pyridine rings is 1. The maximum absolute atomic E-state index is 11.9. The highest BCUT2D eigenvalue weighted by molar-refractivity contribution is 7.99. The van der Waals surface area contributed by atoms with Crippen LogP contribution in [0.3, 0.4) is 0 Å². The summed E-state index contributed by atoms with van der Waals surface area (Å²) >= 11 is 1.21. The molecule has 0 aliphatic rings. The predicted octanol–water partition coefficient (Wildman–Crippen LogP) is 6.17. The summed E-state index contributed by atoms with van der Waals surface area (Å²) in [4.78, 5) is 25.0. The van der Waals surface area contributed by atoms with Crippen molar-refractivity contribution in [2.75, 3.05) is 5.32 Å². The first-order valence-corrected chi connectivity index (χ1v) is 10.8. The van der Waals surface area contributed by atoms with Gasteiger partial charge in [-0.25, -0.2) is 9.97 Å². The van der Waals surface area contributed by atoms with Crippen LogP contribution < -0.4 is 5.32 Å². The van der Waals surface area contributed by atoms with Gasteiger partial charge in [-0.15, -0.1) is 0 Å². The minimum absolute atomic E-state index is 0.157. The van der Waals surface area contributed by atoms with Gasteiger partial charge in [0, 0.05) is 22.2 Å². The average molecular weight is 432 g/mol. The smallest absolute Gasteiger partial charge is 0.334 e. The van der Waals surface area contributed by atoms with E-state index < -0.39 is 4.92 Å². The molecule has 0 amide bonds. The van der Waals surface area contributed by atoms with E-state index in [2.05, 4.69) is 27.2 Å². The molecular formula is C23H21N5O2S. The molecule has 0 aliphatic carbocycles. The van der Waals surface area contributed by atoms with Gasteiger partial charge in [0.25, 0.3) is 0 Å². The molecule has 0 unspecified atom stereocenters. The van der Waals surface area contributed by atoms with E-state index in [1.165, 1.54) is 23.7 Å². The Labute approximate surface area is 184 Å². The van der Waals surface area contributed by atoms with Gasteiger partial charge in [0.2, 0.25) is 5.82 Å². The zero-order chi connectivity index (χ0) is 21.6. The molecule has 0 aliphatic heterocycles. The highest BCUT2D eigenvalue weighted by Gasteiger charge is 2.24. The minimum Gasteiger partial charge on any atom is -0.334 e. The van der Waals surface area contributed by atoms with E-state index >= 15 is 0 Å². The van der Waals surface area contributed by atoms with Crippen molar-refractivity contribution in [1.82, 2.24) is 15.0 Å². The minimum atomic E-state index is -0.446. The van der Waals surface area contributed by atoms with Gasteiger partial charge in [-0.2, -0.15) is 0 Å². The van der Waals surface area contributed by atoms with Gasteiger partial charge >= 0.3 is 5.69 Å². The number of aryl methyl sites for hydroxylation is 1. The molecule has 0 spiro atoms. The highest BCUT2D eigenvalue weighted by Crippen LogP contribution is 2.39. The number of hydrogen-bond donors (Lipinski definition) is 1. The van der Waals surface area contributed by atoms with Crippen molar-refractivity contribution in [1.29, 1.82) is 0 Å². The van der Waals surface area contributed by atoms with E-state index in [1.54, 1.807) is 6.20 Å². The quantitative estimate of drug-likeness (QED) is 0.202. The molecule has 0 fully saturated rings. The number of anilines is 2.